The van der Waals surface area contributed by atoms with E-state index in [1.54, 1.807) is 24.3 Å². The standard InChI is InChI=1S/C23H21F4N3O2/c24-16-8-6-14(7-9-16)21-19(15-3-1-5-18(11-15)32-23(25,26)27)12-20-22(31)29-13-17(30(20)21)4-2-10-28/h1,3,5-9,11-12,17H,2,4,10,13,28H2,(H,29,31)/t17-/m0/s1. The average Bonchev–Trinajstić information content (AvgIpc) is 3.15. The second-order valence-electron chi connectivity index (χ2n) is 7.54. The number of nitrogens with two attached hydrogens (primary N) is 1. The van der Waals surface area contributed by atoms with Crippen LogP contribution >= 0.6 is 0 Å². The number of nitrogens with zero attached hydrogens (tertiary/aromatic N) is 1. The molecule has 0 saturated heterocycles. The molecule has 0 aliphatic carbocycles. The summed E-state index contributed by atoms with van der Waals surface area (Å²) in [6.45, 7) is 0.877. The van der Waals surface area contributed by atoms with E-state index in [0.717, 1.165) is 6.42 Å². The van der Waals surface area contributed by atoms with E-state index in [1.807, 2.05) is 4.57 Å². The van der Waals surface area contributed by atoms with Crippen molar-refractivity contribution in [1.29, 1.82) is 0 Å². The average molecular weight is 447 g/mol. The first-order valence-corrected chi connectivity index (χ1v) is 10.1. The minimum Gasteiger partial charge on any atom is -0.406 e. The minimum atomic E-state index is -4.83. The lowest BCUT2D eigenvalue weighted by atomic mass is 10.0. The Bertz CT molecular complexity index is 1120. The first kappa shape index (κ1) is 21.9. The molecule has 0 unspecified atom stereocenters. The molecule has 4 rings (SSSR count). The number of benzene rings is 2. The predicted molar refractivity (Wildman–Crippen MR) is 112 cm³/mol. The zero-order valence-corrected chi connectivity index (χ0v) is 17.0. The van der Waals surface area contributed by atoms with Crippen molar-refractivity contribution in [2.24, 2.45) is 5.73 Å². The van der Waals surface area contributed by atoms with Crippen molar-refractivity contribution in [3.63, 3.8) is 0 Å². The van der Waals surface area contributed by atoms with E-state index in [9.17, 15) is 22.4 Å². The van der Waals surface area contributed by atoms with E-state index < -0.39 is 12.2 Å². The topological polar surface area (TPSA) is 69.3 Å². The van der Waals surface area contributed by atoms with Crippen LogP contribution < -0.4 is 15.8 Å². The molecule has 0 bridgehead atoms. The van der Waals surface area contributed by atoms with E-state index in [2.05, 4.69) is 10.1 Å². The van der Waals surface area contributed by atoms with Gasteiger partial charge in [-0.3, -0.25) is 4.79 Å². The number of amides is 1. The fourth-order valence-electron chi connectivity index (χ4n) is 4.04. The molecule has 0 radical (unpaired) electrons. The second-order valence-corrected chi connectivity index (χ2v) is 7.54. The molecule has 1 amide bonds. The van der Waals surface area contributed by atoms with Crippen LogP contribution in [0.1, 0.15) is 29.4 Å². The van der Waals surface area contributed by atoms with Crippen molar-refractivity contribution in [1.82, 2.24) is 9.88 Å². The molecule has 3 N–H and O–H groups in total. The van der Waals surface area contributed by atoms with E-state index in [4.69, 9.17) is 5.73 Å². The van der Waals surface area contributed by atoms with Crippen molar-refractivity contribution in [2.75, 3.05) is 13.1 Å². The van der Waals surface area contributed by atoms with Crippen LogP contribution in [0.4, 0.5) is 17.6 Å². The van der Waals surface area contributed by atoms with Gasteiger partial charge in [0, 0.05) is 12.1 Å². The lowest BCUT2D eigenvalue weighted by Gasteiger charge is -2.29. The van der Waals surface area contributed by atoms with Crippen LogP contribution in [0.15, 0.2) is 54.6 Å². The molecule has 2 heterocycles. The van der Waals surface area contributed by atoms with Crippen LogP contribution in [0.2, 0.25) is 0 Å². The smallest absolute Gasteiger partial charge is 0.406 e. The number of hydrogen-bond acceptors (Lipinski definition) is 3. The number of carbonyl (C=O) groups is 1. The summed E-state index contributed by atoms with van der Waals surface area (Å²) >= 11 is 0. The highest BCUT2D eigenvalue weighted by Gasteiger charge is 2.32. The van der Waals surface area contributed by atoms with Gasteiger partial charge in [0.05, 0.1) is 11.7 Å². The molecule has 0 spiro atoms. The number of ether oxygens (including phenoxy) is 1. The number of aromatic nitrogens is 1. The number of alkyl halides is 3. The van der Waals surface area contributed by atoms with Crippen LogP contribution in [0.25, 0.3) is 22.4 Å². The fourth-order valence-corrected chi connectivity index (χ4v) is 4.04. The highest BCUT2D eigenvalue weighted by atomic mass is 19.4. The molecule has 0 saturated carbocycles. The maximum Gasteiger partial charge on any atom is 0.573 e. The molecule has 1 aliphatic rings. The zero-order valence-electron chi connectivity index (χ0n) is 17.0. The highest BCUT2D eigenvalue weighted by molar-refractivity contribution is 5.98. The van der Waals surface area contributed by atoms with Gasteiger partial charge in [-0.05, 0) is 73.0 Å². The summed E-state index contributed by atoms with van der Waals surface area (Å²) in [6, 6.07) is 12.9. The van der Waals surface area contributed by atoms with Crippen LogP contribution in [-0.4, -0.2) is 29.9 Å². The number of rotatable bonds is 6. The summed E-state index contributed by atoms with van der Waals surface area (Å²) in [4.78, 5) is 12.7. The Labute approximate surface area is 181 Å². The number of carbonyl (C=O) groups excluding carboxylic acids is 1. The summed E-state index contributed by atoms with van der Waals surface area (Å²) in [5, 5.41) is 2.86. The van der Waals surface area contributed by atoms with Crippen LogP contribution in [0.5, 0.6) is 5.75 Å². The zero-order chi connectivity index (χ0) is 22.9. The van der Waals surface area contributed by atoms with E-state index >= 15 is 0 Å². The fraction of sp³-hybridized carbons (Fsp3) is 0.261. The molecule has 168 valence electrons. The summed E-state index contributed by atoms with van der Waals surface area (Å²) < 4.78 is 57.8. The Hall–Kier alpha value is -3.33. The normalized spacial score (nSPS) is 15.9. The van der Waals surface area contributed by atoms with Crippen molar-refractivity contribution in [3.05, 3.63) is 66.1 Å². The van der Waals surface area contributed by atoms with Crippen molar-refractivity contribution >= 4 is 5.91 Å². The van der Waals surface area contributed by atoms with Gasteiger partial charge in [0.2, 0.25) is 0 Å². The van der Waals surface area contributed by atoms with Gasteiger partial charge in [-0.1, -0.05) is 12.1 Å². The molecule has 32 heavy (non-hydrogen) atoms. The first-order valence-electron chi connectivity index (χ1n) is 10.1. The minimum absolute atomic E-state index is 0.102. The van der Waals surface area contributed by atoms with E-state index in [1.165, 1.54) is 30.3 Å². The van der Waals surface area contributed by atoms with Gasteiger partial charge < -0.3 is 20.4 Å². The predicted octanol–water partition coefficient (Wildman–Crippen LogP) is 4.88. The lowest BCUT2D eigenvalue weighted by molar-refractivity contribution is -0.274. The highest BCUT2D eigenvalue weighted by Crippen LogP contribution is 2.40. The quantitative estimate of drug-likeness (QED) is 0.529. The molecule has 3 aromatic rings. The first-order chi connectivity index (χ1) is 15.3. The van der Waals surface area contributed by atoms with Crippen LogP contribution in [0, 0.1) is 5.82 Å². The Morgan fingerprint density at radius 2 is 1.84 bits per heavy atom. The summed E-state index contributed by atoms with van der Waals surface area (Å²) in [5.74, 6) is -1.07. The molecule has 1 atom stereocenters. The third kappa shape index (κ3) is 4.47. The Kier molecular flexibility index (Phi) is 5.92. The van der Waals surface area contributed by atoms with Crippen LogP contribution in [0.3, 0.4) is 0 Å². The third-order valence-electron chi connectivity index (χ3n) is 5.37. The van der Waals surface area contributed by atoms with Gasteiger partial charge >= 0.3 is 6.36 Å². The Morgan fingerprint density at radius 1 is 1.09 bits per heavy atom. The van der Waals surface area contributed by atoms with Gasteiger partial charge in [-0.25, -0.2) is 4.39 Å². The van der Waals surface area contributed by atoms with Crippen molar-refractivity contribution in [2.45, 2.75) is 25.2 Å². The van der Waals surface area contributed by atoms with Gasteiger partial charge in [-0.2, -0.15) is 0 Å². The molecule has 1 aliphatic heterocycles. The molecule has 2 aromatic carbocycles. The van der Waals surface area contributed by atoms with E-state index in [0.29, 0.717) is 47.6 Å². The van der Waals surface area contributed by atoms with Gasteiger partial charge in [0.25, 0.3) is 5.91 Å². The monoisotopic (exact) mass is 447 g/mol. The van der Waals surface area contributed by atoms with Crippen LogP contribution in [-0.2, 0) is 0 Å². The molecular weight excluding hydrogens is 426 g/mol. The lowest BCUT2D eigenvalue weighted by Crippen LogP contribution is -2.39. The van der Waals surface area contributed by atoms with E-state index in [-0.39, 0.29) is 17.7 Å². The molecule has 9 heteroatoms. The largest absolute Gasteiger partial charge is 0.573 e. The SMILES string of the molecule is NCCC[C@H]1CNC(=O)c2cc(-c3cccc(OC(F)(F)F)c3)c(-c3ccc(F)cc3)n21. The van der Waals surface area contributed by atoms with Gasteiger partial charge in [-0.15, -0.1) is 13.2 Å². The summed E-state index contributed by atoms with van der Waals surface area (Å²) in [7, 11) is 0. The second kappa shape index (κ2) is 8.66. The number of halogens is 4. The number of nitrogens with one attached hydrogen (secondary N) is 1. The number of hydrogen-bond donors (Lipinski definition) is 2. The maximum absolute atomic E-state index is 13.6. The Morgan fingerprint density at radius 3 is 2.53 bits per heavy atom. The Balaban J connectivity index is 1.91. The summed E-state index contributed by atoms with van der Waals surface area (Å²) in [6.07, 6.45) is -3.40. The van der Waals surface area contributed by atoms with Crippen molar-refractivity contribution in [3.8, 4) is 28.1 Å². The molecule has 0 fully saturated rings. The van der Waals surface area contributed by atoms with Crippen molar-refractivity contribution < 1.29 is 27.1 Å². The van der Waals surface area contributed by atoms with Gasteiger partial charge in [0.15, 0.2) is 0 Å². The molecular formula is C23H21F4N3O2. The molecule has 1 aromatic heterocycles. The molecule has 5 nitrogen and oxygen atoms in total. The van der Waals surface area contributed by atoms with Gasteiger partial charge in [0.1, 0.15) is 17.3 Å². The number of fused-ring (bicyclic) bond motifs is 1. The third-order valence-corrected chi connectivity index (χ3v) is 5.37. The summed E-state index contributed by atoms with van der Waals surface area (Å²) in [5.41, 5.74) is 8.32. The maximum atomic E-state index is 13.6.